The number of likely N-dealkylation sites (N-methyl/N-ethyl adjacent to an activating group) is 1. The Morgan fingerprint density at radius 1 is 1.04 bits per heavy atom. The zero-order chi connectivity index (χ0) is 17.7. The number of hydrogen-bond donors (Lipinski definition) is 1. The molecule has 0 atom stereocenters. The van der Waals surface area contributed by atoms with Crippen LogP contribution in [0.5, 0.6) is 5.75 Å². The standard InChI is InChI=1S/C17H18N2O4S/c1-11(20)14-8-9-15(24-14)17(22)18-12-4-6-13(7-5-12)23-10-16(21)19(2)3/h4-9H,10H2,1-3H3,(H,18,22). The Morgan fingerprint density at radius 2 is 1.67 bits per heavy atom. The number of thiophene rings is 1. The summed E-state index contributed by atoms with van der Waals surface area (Å²) in [5.41, 5.74) is 0.601. The predicted octanol–water partition coefficient (Wildman–Crippen LogP) is 2.67. The maximum atomic E-state index is 12.1. The van der Waals surface area contributed by atoms with E-state index < -0.39 is 0 Å². The molecule has 0 unspecified atom stereocenters. The fourth-order valence-electron chi connectivity index (χ4n) is 1.75. The molecule has 0 saturated carbocycles. The second kappa shape index (κ2) is 7.74. The molecule has 1 aromatic carbocycles. The molecule has 126 valence electrons. The van der Waals surface area contributed by atoms with Gasteiger partial charge in [-0.25, -0.2) is 0 Å². The number of ether oxygens (including phenoxy) is 1. The molecule has 0 aliphatic rings. The Bertz CT molecular complexity index is 750. The summed E-state index contributed by atoms with van der Waals surface area (Å²) in [4.78, 5) is 37.3. The lowest BCUT2D eigenvalue weighted by atomic mass is 10.3. The molecule has 0 aliphatic heterocycles. The van der Waals surface area contributed by atoms with Crippen LogP contribution in [0, 0.1) is 0 Å². The lowest BCUT2D eigenvalue weighted by Gasteiger charge is -2.11. The van der Waals surface area contributed by atoms with Crippen LogP contribution in [0.4, 0.5) is 5.69 Å². The van der Waals surface area contributed by atoms with E-state index in [0.29, 0.717) is 21.2 Å². The Balaban J connectivity index is 1.94. The van der Waals surface area contributed by atoms with Gasteiger partial charge >= 0.3 is 0 Å². The number of Topliss-reactive ketones (excluding diaryl/α,β-unsaturated/α-hetero) is 1. The van der Waals surface area contributed by atoms with E-state index in [0.717, 1.165) is 11.3 Å². The van der Waals surface area contributed by atoms with Crippen LogP contribution in [0.25, 0.3) is 0 Å². The predicted molar refractivity (Wildman–Crippen MR) is 92.9 cm³/mol. The molecule has 7 heteroatoms. The van der Waals surface area contributed by atoms with Crippen LogP contribution in [-0.2, 0) is 4.79 Å². The van der Waals surface area contributed by atoms with Gasteiger partial charge in [0.2, 0.25) is 0 Å². The topological polar surface area (TPSA) is 75.7 Å². The van der Waals surface area contributed by atoms with Gasteiger partial charge in [-0.05, 0) is 43.3 Å². The van der Waals surface area contributed by atoms with Gasteiger partial charge < -0.3 is 15.0 Å². The monoisotopic (exact) mass is 346 g/mol. The molecule has 0 bridgehead atoms. The molecule has 0 spiro atoms. The van der Waals surface area contributed by atoms with Gasteiger partial charge in [0, 0.05) is 19.8 Å². The van der Waals surface area contributed by atoms with E-state index in [2.05, 4.69) is 5.32 Å². The van der Waals surface area contributed by atoms with E-state index in [-0.39, 0.29) is 24.2 Å². The highest BCUT2D eigenvalue weighted by Crippen LogP contribution is 2.20. The van der Waals surface area contributed by atoms with Crippen molar-refractivity contribution in [2.24, 2.45) is 0 Å². The Morgan fingerprint density at radius 3 is 2.21 bits per heavy atom. The first-order chi connectivity index (χ1) is 11.4. The molecule has 24 heavy (non-hydrogen) atoms. The highest BCUT2D eigenvalue weighted by atomic mass is 32.1. The summed E-state index contributed by atoms with van der Waals surface area (Å²) in [6.07, 6.45) is 0. The summed E-state index contributed by atoms with van der Waals surface area (Å²) in [5.74, 6) is 0.0707. The largest absolute Gasteiger partial charge is 0.484 e. The molecular formula is C17H18N2O4S. The van der Waals surface area contributed by atoms with Gasteiger partial charge in [0.1, 0.15) is 5.75 Å². The van der Waals surface area contributed by atoms with E-state index >= 15 is 0 Å². The quantitative estimate of drug-likeness (QED) is 0.816. The van der Waals surface area contributed by atoms with Crippen molar-refractivity contribution in [3.63, 3.8) is 0 Å². The lowest BCUT2D eigenvalue weighted by molar-refractivity contribution is -0.130. The zero-order valence-electron chi connectivity index (χ0n) is 13.7. The zero-order valence-corrected chi connectivity index (χ0v) is 14.5. The summed E-state index contributed by atoms with van der Waals surface area (Å²) in [6.45, 7) is 1.43. The number of carbonyl (C=O) groups excluding carboxylic acids is 3. The van der Waals surface area contributed by atoms with Gasteiger partial charge in [0.25, 0.3) is 11.8 Å². The molecule has 2 aromatic rings. The Hall–Kier alpha value is -2.67. The normalized spacial score (nSPS) is 10.1. The number of anilines is 1. The number of benzene rings is 1. The molecule has 2 rings (SSSR count). The summed E-state index contributed by atoms with van der Waals surface area (Å²) in [5, 5.41) is 2.75. The van der Waals surface area contributed by atoms with Crippen LogP contribution in [-0.4, -0.2) is 43.2 Å². The van der Waals surface area contributed by atoms with Crippen LogP contribution in [0.2, 0.25) is 0 Å². The van der Waals surface area contributed by atoms with Crippen molar-refractivity contribution < 1.29 is 19.1 Å². The molecule has 1 aromatic heterocycles. The third kappa shape index (κ3) is 4.66. The van der Waals surface area contributed by atoms with Crippen molar-refractivity contribution in [3.05, 3.63) is 46.2 Å². The smallest absolute Gasteiger partial charge is 0.265 e. The van der Waals surface area contributed by atoms with Gasteiger partial charge in [0.05, 0.1) is 9.75 Å². The molecule has 0 radical (unpaired) electrons. The maximum Gasteiger partial charge on any atom is 0.265 e. The fraction of sp³-hybridized carbons (Fsp3) is 0.235. The average Bonchev–Trinajstić information content (AvgIpc) is 3.04. The number of carbonyl (C=O) groups is 3. The molecule has 0 fully saturated rings. The molecule has 1 heterocycles. The molecule has 0 aliphatic carbocycles. The highest BCUT2D eigenvalue weighted by Gasteiger charge is 2.12. The van der Waals surface area contributed by atoms with Crippen molar-refractivity contribution in [2.45, 2.75) is 6.92 Å². The molecule has 0 saturated heterocycles. The van der Waals surface area contributed by atoms with Crippen LogP contribution in [0.15, 0.2) is 36.4 Å². The molecule has 2 amide bonds. The Labute approximate surface area is 144 Å². The minimum absolute atomic E-state index is 0.0400. The first kappa shape index (κ1) is 17.7. The number of ketones is 1. The van der Waals surface area contributed by atoms with Crippen LogP contribution in [0.1, 0.15) is 26.3 Å². The number of rotatable bonds is 6. The van der Waals surface area contributed by atoms with Gasteiger partial charge in [-0.3, -0.25) is 14.4 Å². The molecule has 6 nitrogen and oxygen atoms in total. The van der Waals surface area contributed by atoms with E-state index in [1.165, 1.54) is 11.8 Å². The fourth-order valence-corrected chi connectivity index (χ4v) is 2.55. The number of amides is 2. The van der Waals surface area contributed by atoms with Crippen molar-refractivity contribution in [2.75, 3.05) is 26.0 Å². The van der Waals surface area contributed by atoms with Crippen LogP contribution in [0.3, 0.4) is 0 Å². The van der Waals surface area contributed by atoms with Crippen molar-refractivity contribution in [3.8, 4) is 5.75 Å². The van der Waals surface area contributed by atoms with E-state index in [1.807, 2.05) is 0 Å². The lowest BCUT2D eigenvalue weighted by Crippen LogP contribution is -2.27. The summed E-state index contributed by atoms with van der Waals surface area (Å²) in [6, 6.07) is 9.99. The first-order valence-electron chi connectivity index (χ1n) is 7.22. The van der Waals surface area contributed by atoms with Gasteiger partial charge in [-0.1, -0.05) is 0 Å². The second-order valence-electron chi connectivity index (χ2n) is 5.28. The van der Waals surface area contributed by atoms with Crippen LogP contribution < -0.4 is 10.1 Å². The minimum atomic E-state index is -0.274. The SMILES string of the molecule is CC(=O)c1ccc(C(=O)Nc2ccc(OCC(=O)N(C)C)cc2)s1. The van der Waals surface area contributed by atoms with Crippen molar-refractivity contribution in [1.29, 1.82) is 0 Å². The Kier molecular flexibility index (Phi) is 5.70. The van der Waals surface area contributed by atoms with Gasteiger partial charge in [-0.2, -0.15) is 0 Å². The first-order valence-corrected chi connectivity index (χ1v) is 8.03. The van der Waals surface area contributed by atoms with Crippen molar-refractivity contribution in [1.82, 2.24) is 4.90 Å². The number of nitrogens with one attached hydrogen (secondary N) is 1. The summed E-state index contributed by atoms with van der Waals surface area (Å²) >= 11 is 1.16. The van der Waals surface area contributed by atoms with E-state index in [9.17, 15) is 14.4 Å². The minimum Gasteiger partial charge on any atom is -0.484 e. The molecular weight excluding hydrogens is 328 g/mol. The number of nitrogens with zero attached hydrogens (tertiary/aromatic N) is 1. The second-order valence-corrected chi connectivity index (χ2v) is 6.36. The van der Waals surface area contributed by atoms with E-state index in [4.69, 9.17) is 4.74 Å². The summed E-state index contributed by atoms with van der Waals surface area (Å²) in [7, 11) is 3.32. The highest BCUT2D eigenvalue weighted by molar-refractivity contribution is 7.16. The third-order valence-corrected chi connectivity index (χ3v) is 4.33. The number of hydrogen-bond acceptors (Lipinski definition) is 5. The van der Waals surface area contributed by atoms with Gasteiger partial charge in [0.15, 0.2) is 12.4 Å². The van der Waals surface area contributed by atoms with Crippen LogP contribution >= 0.6 is 11.3 Å². The summed E-state index contributed by atoms with van der Waals surface area (Å²) < 4.78 is 5.36. The van der Waals surface area contributed by atoms with Gasteiger partial charge in [-0.15, -0.1) is 11.3 Å². The maximum absolute atomic E-state index is 12.1. The van der Waals surface area contributed by atoms with E-state index in [1.54, 1.807) is 50.5 Å². The molecule has 1 N–H and O–H groups in total. The average molecular weight is 346 g/mol. The third-order valence-electron chi connectivity index (χ3n) is 3.15. The van der Waals surface area contributed by atoms with Crippen molar-refractivity contribution >= 4 is 34.6 Å².